The fourth-order valence-corrected chi connectivity index (χ4v) is 5.36. The van der Waals surface area contributed by atoms with E-state index in [1.165, 1.54) is 0 Å². The molecule has 0 saturated carbocycles. The summed E-state index contributed by atoms with van der Waals surface area (Å²) in [4.78, 5) is 31.6. The van der Waals surface area contributed by atoms with Crippen molar-refractivity contribution < 1.29 is 19.1 Å². The molecule has 0 spiro atoms. The third kappa shape index (κ3) is 6.96. The van der Waals surface area contributed by atoms with Gasteiger partial charge in [-0.15, -0.1) is 0 Å². The molecule has 214 valence electrons. The molecule has 2 amide bonds. The number of benzene rings is 3. The largest absolute Gasteiger partial charge is 0.497 e. The molecule has 0 N–H and O–H groups in total. The minimum atomic E-state index is -0.291. The molecule has 0 aromatic heterocycles. The number of rotatable bonds is 9. The lowest BCUT2D eigenvalue weighted by atomic mass is 9.97. The second kappa shape index (κ2) is 13.3. The predicted molar refractivity (Wildman–Crippen MR) is 160 cm³/mol. The van der Waals surface area contributed by atoms with Gasteiger partial charge in [0.25, 0.3) is 11.8 Å². The van der Waals surface area contributed by atoms with Crippen molar-refractivity contribution in [3.8, 4) is 5.75 Å². The molecule has 1 atom stereocenters. The fraction of sp³-hybridized carbons (Fsp3) is 0.344. The molecule has 1 unspecified atom stereocenters. The van der Waals surface area contributed by atoms with Gasteiger partial charge in [-0.25, -0.2) is 5.01 Å². The number of methoxy groups -OCH3 is 1. The molecule has 1 saturated heterocycles. The van der Waals surface area contributed by atoms with Crippen LogP contribution in [0.15, 0.2) is 77.9 Å². The number of hydrogen-bond acceptors (Lipinski definition) is 6. The van der Waals surface area contributed by atoms with Crippen molar-refractivity contribution >= 4 is 29.1 Å². The van der Waals surface area contributed by atoms with Crippen LogP contribution in [0.4, 0.5) is 0 Å². The fourth-order valence-electron chi connectivity index (χ4n) is 5.15. The van der Waals surface area contributed by atoms with E-state index in [-0.39, 0.29) is 24.4 Å². The molecule has 8 nitrogen and oxygen atoms in total. The van der Waals surface area contributed by atoms with E-state index in [0.717, 1.165) is 41.2 Å². The maximum absolute atomic E-state index is 14.0. The van der Waals surface area contributed by atoms with Gasteiger partial charge in [0.2, 0.25) is 0 Å². The Hall–Kier alpha value is -3.72. The van der Waals surface area contributed by atoms with Crippen molar-refractivity contribution in [2.75, 3.05) is 53.0 Å². The average molecular weight is 575 g/mol. The van der Waals surface area contributed by atoms with Gasteiger partial charge in [0.1, 0.15) is 12.3 Å². The summed E-state index contributed by atoms with van der Waals surface area (Å²) in [6.45, 7) is 5.82. The van der Waals surface area contributed by atoms with Crippen molar-refractivity contribution in [2.45, 2.75) is 19.4 Å². The smallest absolute Gasteiger partial charge is 0.262 e. The van der Waals surface area contributed by atoms with Crippen molar-refractivity contribution in [1.82, 2.24) is 14.8 Å². The third-order valence-electron chi connectivity index (χ3n) is 7.54. The second-order valence-corrected chi connectivity index (χ2v) is 10.7. The van der Waals surface area contributed by atoms with Crippen LogP contribution in [0.3, 0.4) is 0 Å². The van der Waals surface area contributed by atoms with Crippen LogP contribution in [0.2, 0.25) is 5.02 Å². The lowest BCUT2D eigenvalue weighted by molar-refractivity contribution is -0.133. The van der Waals surface area contributed by atoms with Crippen molar-refractivity contribution in [3.63, 3.8) is 0 Å². The summed E-state index contributed by atoms with van der Waals surface area (Å²) in [5, 5.41) is 6.72. The number of ether oxygens (including phenoxy) is 2. The summed E-state index contributed by atoms with van der Waals surface area (Å²) in [6.07, 6.45) is 0.550. The lowest BCUT2D eigenvalue weighted by Gasteiger charge is -2.31. The normalized spacial score (nSPS) is 17.3. The van der Waals surface area contributed by atoms with Crippen LogP contribution in [0.25, 0.3) is 0 Å². The highest BCUT2D eigenvalue weighted by Crippen LogP contribution is 2.34. The highest BCUT2D eigenvalue weighted by Gasteiger charge is 2.35. The molecule has 2 aliphatic heterocycles. The highest BCUT2D eigenvalue weighted by molar-refractivity contribution is 6.33. The van der Waals surface area contributed by atoms with E-state index in [1.807, 2.05) is 55.5 Å². The van der Waals surface area contributed by atoms with E-state index in [2.05, 4.69) is 4.90 Å². The zero-order valence-electron chi connectivity index (χ0n) is 23.5. The first-order valence-corrected chi connectivity index (χ1v) is 14.2. The monoisotopic (exact) mass is 574 g/mol. The zero-order chi connectivity index (χ0) is 28.8. The van der Waals surface area contributed by atoms with Crippen molar-refractivity contribution in [2.24, 2.45) is 5.10 Å². The Kier molecular flexibility index (Phi) is 9.34. The van der Waals surface area contributed by atoms with Gasteiger partial charge < -0.3 is 14.4 Å². The Bertz CT molecular complexity index is 1400. The van der Waals surface area contributed by atoms with Crippen LogP contribution in [-0.4, -0.2) is 85.4 Å². The molecule has 0 bridgehead atoms. The second-order valence-electron chi connectivity index (χ2n) is 10.3. The molecule has 2 aliphatic rings. The number of carbonyl (C=O) groups is 2. The van der Waals surface area contributed by atoms with Crippen LogP contribution in [-0.2, 0) is 9.53 Å². The first-order valence-electron chi connectivity index (χ1n) is 13.9. The zero-order valence-corrected chi connectivity index (χ0v) is 24.2. The summed E-state index contributed by atoms with van der Waals surface area (Å²) in [7, 11) is 1.63. The van der Waals surface area contributed by atoms with Gasteiger partial charge in [0.15, 0.2) is 0 Å². The van der Waals surface area contributed by atoms with Crippen LogP contribution < -0.4 is 4.74 Å². The molecule has 3 aromatic carbocycles. The summed E-state index contributed by atoms with van der Waals surface area (Å²) in [5.74, 6) is 0.192. The maximum atomic E-state index is 14.0. The van der Waals surface area contributed by atoms with E-state index < -0.39 is 0 Å². The van der Waals surface area contributed by atoms with Crippen LogP contribution in [0.5, 0.6) is 5.75 Å². The number of hydrazone groups is 1. The SMILES string of the molecule is COc1cccc(C2=NN(C(=O)CN(CCN3CCOCC3)C(=O)c3ccccc3Cl)C(c3ccc(C)cc3)C2)c1. The average Bonchev–Trinajstić information content (AvgIpc) is 3.46. The molecule has 3 aromatic rings. The number of hydrogen-bond donors (Lipinski definition) is 0. The number of morpholine rings is 1. The first-order chi connectivity index (χ1) is 19.9. The van der Waals surface area contributed by atoms with E-state index in [1.54, 1.807) is 41.3 Å². The number of carbonyl (C=O) groups excluding carboxylic acids is 2. The maximum Gasteiger partial charge on any atom is 0.262 e. The van der Waals surface area contributed by atoms with E-state index >= 15 is 0 Å². The van der Waals surface area contributed by atoms with Gasteiger partial charge in [-0.1, -0.05) is 65.7 Å². The molecule has 41 heavy (non-hydrogen) atoms. The molecule has 0 aliphatic carbocycles. The molecule has 2 heterocycles. The Morgan fingerprint density at radius 3 is 2.54 bits per heavy atom. The predicted octanol–water partition coefficient (Wildman–Crippen LogP) is 4.81. The molecule has 9 heteroatoms. The number of aryl methyl sites for hydroxylation is 1. The Morgan fingerprint density at radius 1 is 1.05 bits per heavy atom. The first kappa shape index (κ1) is 28.8. The Balaban J connectivity index is 1.43. The van der Waals surface area contributed by atoms with E-state index in [4.69, 9.17) is 26.2 Å². The lowest BCUT2D eigenvalue weighted by Crippen LogP contribution is -2.46. The van der Waals surface area contributed by atoms with Crippen LogP contribution in [0, 0.1) is 6.92 Å². The van der Waals surface area contributed by atoms with E-state index in [0.29, 0.717) is 43.3 Å². The Morgan fingerprint density at radius 2 is 1.80 bits per heavy atom. The van der Waals surface area contributed by atoms with E-state index in [9.17, 15) is 9.59 Å². The molecular formula is C32H35ClN4O4. The van der Waals surface area contributed by atoms with Crippen molar-refractivity contribution in [1.29, 1.82) is 0 Å². The summed E-state index contributed by atoms with van der Waals surface area (Å²) in [6, 6.07) is 22.5. The molecule has 5 rings (SSSR count). The number of halogens is 1. The topological polar surface area (TPSA) is 74.7 Å². The van der Waals surface area contributed by atoms with Crippen LogP contribution in [0.1, 0.15) is 39.5 Å². The highest BCUT2D eigenvalue weighted by atomic mass is 35.5. The van der Waals surface area contributed by atoms with Gasteiger partial charge >= 0.3 is 0 Å². The van der Waals surface area contributed by atoms with Crippen LogP contribution >= 0.6 is 11.6 Å². The number of nitrogens with zero attached hydrogens (tertiary/aromatic N) is 4. The molecular weight excluding hydrogens is 540 g/mol. The van der Waals surface area contributed by atoms with Gasteiger partial charge in [-0.3, -0.25) is 14.5 Å². The molecule has 1 fully saturated rings. The Labute approximate surface area is 246 Å². The van der Waals surface area contributed by atoms with Crippen molar-refractivity contribution in [3.05, 3.63) is 100 Å². The van der Waals surface area contributed by atoms with Gasteiger partial charge in [-0.2, -0.15) is 5.10 Å². The minimum absolute atomic E-state index is 0.119. The quantitative estimate of drug-likeness (QED) is 0.367. The molecule has 0 radical (unpaired) electrons. The summed E-state index contributed by atoms with van der Waals surface area (Å²) < 4.78 is 10.9. The summed E-state index contributed by atoms with van der Waals surface area (Å²) >= 11 is 6.40. The minimum Gasteiger partial charge on any atom is -0.497 e. The van der Waals surface area contributed by atoms with Gasteiger partial charge in [0, 0.05) is 38.2 Å². The summed E-state index contributed by atoms with van der Waals surface area (Å²) in [5.41, 5.74) is 4.19. The standard InChI is InChI=1S/C32H35ClN4O4/c1-23-10-12-24(13-11-23)30-21-29(25-6-5-7-26(20-25)40-2)34-37(30)31(38)22-36(15-14-35-16-18-41-19-17-35)32(39)27-8-3-4-9-28(27)33/h3-13,20,30H,14-19,21-22H2,1-2H3. The number of amides is 2. The van der Waals surface area contributed by atoms with Gasteiger partial charge in [-0.05, 0) is 36.8 Å². The third-order valence-corrected chi connectivity index (χ3v) is 7.87. The van der Waals surface area contributed by atoms with Gasteiger partial charge in [0.05, 0.1) is 42.7 Å².